The molecule has 1 unspecified atom stereocenters. The molecular formula is C12H21N3O. The van der Waals surface area contributed by atoms with Gasteiger partial charge < -0.3 is 15.6 Å². The number of nitrogens with one attached hydrogen (secondary N) is 2. The molecule has 0 aromatic rings. The summed E-state index contributed by atoms with van der Waals surface area (Å²) in [6.45, 7) is 7.33. The number of allylic oxidation sites excluding steroid dienone is 2. The Morgan fingerprint density at radius 1 is 1.62 bits per heavy atom. The highest BCUT2D eigenvalue weighted by Crippen LogP contribution is 2.19. The van der Waals surface area contributed by atoms with Crippen molar-refractivity contribution in [2.75, 3.05) is 20.3 Å². The topological polar surface area (TPSA) is 45.7 Å². The third-order valence-corrected chi connectivity index (χ3v) is 2.60. The van der Waals surface area contributed by atoms with E-state index >= 15 is 0 Å². The van der Waals surface area contributed by atoms with Crippen LogP contribution < -0.4 is 10.9 Å². The van der Waals surface area contributed by atoms with Crippen LogP contribution in [0.15, 0.2) is 29.5 Å². The SMILES string of the molecule is C=CNN/C(=C/C(C)=N\C)CC1CCOC1. The van der Waals surface area contributed by atoms with Crippen molar-refractivity contribution < 1.29 is 4.74 Å². The first kappa shape index (κ1) is 12.8. The average Bonchev–Trinajstić information content (AvgIpc) is 2.78. The Labute approximate surface area is 97.4 Å². The molecule has 1 rings (SSSR count). The number of nitrogens with zero attached hydrogens (tertiary/aromatic N) is 1. The molecule has 90 valence electrons. The molecule has 1 fully saturated rings. The lowest BCUT2D eigenvalue weighted by Crippen LogP contribution is -2.27. The smallest absolute Gasteiger partial charge is 0.0498 e. The van der Waals surface area contributed by atoms with E-state index in [0.29, 0.717) is 5.92 Å². The van der Waals surface area contributed by atoms with E-state index in [0.717, 1.165) is 37.5 Å². The highest BCUT2D eigenvalue weighted by atomic mass is 16.5. The summed E-state index contributed by atoms with van der Waals surface area (Å²) in [5.74, 6) is 0.607. The largest absolute Gasteiger partial charge is 0.381 e. The van der Waals surface area contributed by atoms with Gasteiger partial charge in [0.2, 0.25) is 0 Å². The maximum absolute atomic E-state index is 5.37. The van der Waals surface area contributed by atoms with Crippen molar-refractivity contribution >= 4 is 5.71 Å². The zero-order valence-electron chi connectivity index (χ0n) is 10.1. The number of aliphatic imine (C=N–C) groups is 1. The Kier molecular flexibility index (Phi) is 5.64. The van der Waals surface area contributed by atoms with E-state index in [4.69, 9.17) is 4.74 Å². The molecule has 0 aliphatic carbocycles. The molecule has 4 heteroatoms. The zero-order chi connectivity index (χ0) is 11.8. The fourth-order valence-electron chi connectivity index (χ4n) is 1.66. The van der Waals surface area contributed by atoms with Crippen LogP contribution in [0.5, 0.6) is 0 Å². The quantitative estimate of drug-likeness (QED) is 0.531. The first-order valence-electron chi connectivity index (χ1n) is 5.60. The van der Waals surface area contributed by atoms with Gasteiger partial charge in [-0.05, 0) is 31.8 Å². The van der Waals surface area contributed by atoms with Gasteiger partial charge in [-0.2, -0.15) is 0 Å². The van der Waals surface area contributed by atoms with Gasteiger partial charge in [0.15, 0.2) is 0 Å². The first-order chi connectivity index (χ1) is 7.76. The molecule has 1 heterocycles. The van der Waals surface area contributed by atoms with Crippen molar-refractivity contribution in [2.45, 2.75) is 19.8 Å². The van der Waals surface area contributed by atoms with E-state index < -0.39 is 0 Å². The van der Waals surface area contributed by atoms with Crippen LogP contribution in [0.4, 0.5) is 0 Å². The van der Waals surface area contributed by atoms with Gasteiger partial charge in [-0.25, -0.2) is 0 Å². The second-order valence-electron chi connectivity index (χ2n) is 3.94. The van der Waals surface area contributed by atoms with Crippen LogP contribution in [0.25, 0.3) is 0 Å². The van der Waals surface area contributed by atoms with Gasteiger partial charge in [0.1, 0.15) is 0 Å². The van der Waals surface area contributed by atoms with Gasteiger partial charge in [-0.15, -0.1) is 0 Å². The van der Waals surface area contributed by atoms with E-state index in [2.05, 4.69) is 28.5 Å². The molecule has 0 amide bonds. The summed E-state index contributed by atoms with van der Waals surface area (Å²) < 4.78 is 5.37. The minimum Gasteiger partial charge on any atom is -0.381 e. The normalized spacial score (nSPS) is 22.0. The zero-order valence-corrected chi connectivity index (χ0v) is 10.1. The summed E-state index contributed by atoms with van der Waals surface area (Å²) in [4.78, 5) is 4.13. The van der Waals surface area contributed by atoms with Crippen LogP contribution in [0.3, 0.4) is 0 Å². The molecule has 0 aromatic carbocycles. The van der Waals surface area contributed by atoms with E-state index in [1.54, 1.807) is 13.2 Å². The van der Waals surface area contributed by atoms with Gasteiger partial charge in [-0.1, -0.05) is 6.58 Å². The lowest BCUT2D eigenvalue weighted by atomic mass is 10.0. The first-order valence-corrected chi connectivity index (χ1v) is 5.60. The van der Waals surface area contributed by atoms with Crippen molar-refractivity contribution in [3.8, 4) is 0 Å². The molecule has 2 N–H and O–H groups in total. The Balaban J connectivity index is 2.54. The van der Waals surface area contributed by atoms with Crippen LogP contribution >= 0.6 is 0 Å². The molecule has 0 bridgehead atoms. The Morgan fingerprint density at radius 2 is 2.44 bits per heavy atom. The van der Waals surface area contributed by atoms with Crippen molar-refractivity contribution in [2.24, 2.45) is 10.9 Å². The minimum atomic E-state index is 0.607. The molecule has 0 aromatic heterocycles. The standard InChI is InChI=1S/C12H21N3O/c1-4-14-15-12(7-10(2)13-3)8-11-5-6-16-9-11/h4,7,11,14-15H,1,5-6,8-9H2,2-3H3/b12-7+,13-10-. The molecule has 1 saturated heterocycles. The number of ether oxygens (including phenoxy) is 1. The highest BCUT2D eigenvalue weighted by molar-refractivity contribution is 5.93. The van der Waals surface area contributed by atoms with Gasteiger partial charge in [0.25, 0.3) is 0 Å². The van der Waals surface area contributed by atoms with Gasteiger partial charge in [0, 0.05) is 37.9 Å². The molecule has 1 atom stereocenters. The minimum absolute atomic E-state index is 0.607. The lowest BCUT2D eigenvalue weighted by Gasteiger charge is -2.14. The Morgan fingerprint density at radius 3 is 3.00 bits per heavy atom. The van der Waals surface area contributed by atoms with Crippen LogP contribution in [0.1, 0.15) is 19.8 Å². The second-order valence-corrected chi connectivity index (χ2v) is 3.94. The predicted molar refractivity (Wildman–Crippen MR) is 67.1 cm³/mol. The Hall–Kier alpha value is -1.29. The van der Waals surface area contributed by atoms with Gasteiger partial charge >= 0.3 is 0 Å². The third-order valence-electron chi connectivity index (χ3n) is 2.60. The number of rotatable bonds is 6. The molecule has 1 aliphatic rings. The van der Waals surface area contributed by atoms with Crippen LogP contribution in [-0.4, -0.2) is 26.0 Å². The summed E-state index contributed by atoms with van der Waals surface area (Å²) in [7, 11) is 1.79. The van der Waals surface area contributed by atoms with Crippen molar-refractivity contribution in [3.63, 3.8) is 0 Å². The molecule has 16 heavy (non-hydrogen) atoms. The van der Waals surface area contributed by atoms with Gasteiger partial charge in [-0.3, -0.25) is 4.99 Å². The van der Waals surface area contributed by atoms with E-state index in [-0.39, 0.29) is 0 Å². The maximum Gasteiger partial charge on any atom is 0.0498 e. The van der Waals surface area contributed by atoms with Crippen molar-refractivity contribution in [3.05, 3.63) is 24.6 Å². The van der Waals surface area contributed by atoms with E-state index in [1.807, 2.05) is 6.92 Å². The summed E-state index contributed by atoms with van der Waals surface area (Å²) in [5, 5.41) is 0. The fraction of sp³-hybridized carbons (Fsp3) is 0.583. The van der Waals surface area contributed by atoms with Gasteiger partial charge in [0.05, 0.1) is 0 Å². The van der Waals surface area contributed by atoms with E-state index in [9.17, 15) is 0 Å². The second kappa shape index (κ2) is 7.06. The lowest BCUT2D eigenvalue weighted by molar-refractivity contribution is 0.185. The molecule has 1 aliphatic heterocycles. The van der Waals surface area contributed by atoms with Crippen LogP contribution in [0, 0.1) is 5.92 Å². The predicted octanol–water partition coefficient (Wildman–Crippen LogP) is 1.63. The molecule has 0 saturated carbocycles. The third kappa shape index (κ3) is 4.49. The monoisotopic (exact) mass is 223 g/mol. The molecular weight excluding hydrogens is 202 g/mol. The maximum atomic E-state index is 5.37. The van der Waals surface area contributed by atoms with Crippen LogP contribution in [0.2, 0.25) is 0 Å². The number of hydrazine groups is 1. The fourth-order valence-corrected chi connectivity index (χ4v) is 1.66. The summed E-state index contributed by atoms with van der Waals surface area (Å²) >= 11 is 0. The summed E-state index contributed by atoms with van der Waals surface area (Å²) in [6.07, 6.45) is 5.79. The average molecular weight is 223 g/mol. The molecule has 0 spiro atoms. The number of hydrogen-bond acceptors (Lipinski definition) is 4. The Bertz CT molecular complexity index is 278. The summed E-state index contributed by atoms with van der Waals surface area (Å²) in [6, 6.07) is 0. The van der Waals surface area contributed by atoms with Crippen molar-refractivity contribution in [1.82, 2.24) is 10.9 Å². The molecule has 0 radical (unpaired) electrons. The highest BCUT2D eigenvalue weighted by Gasteiger charge is 2.17. The number of hydrogen-bond donors (Lipinski definition) is 2. The molecule has 4 nitrogen and oxygen atoms in total. The van der Waals surface area contributed by atoms with E-state index in [1.165, 1.54) is 0 Å². The van der Waals surface area contributed by atoms with Crippen LogP contribution in [-0.2, 0) is 4.74 Å². The summed E-state index contributed by atoms with van der Waals surface area (Å²) in [5.41, 5.74) is 8.15. The van der Waals surface area contributed by atoms with Crippen molar-refractivity contribution in [1.29, 1.82) is 0 Å².